The molecule has 59 heavy (non-hydrogen) atoms. The molecule has 0 aliphatic rings. The molecule has 0 bridgehead atoms. The fraction of sp³-hybridized carbons (Fsp3) is 0.870. The van der Waals surface area contributed by atoms with Gasteiger partial charge in [-0.25, -0.2) is 0 Å². The second kappa shape index (κ2) is 49.2. The SMILES string of the molecule is CCCCCCCCCCCC/C=C/CC/C=C/C(O)C(CO)NC(=O)C(O)CCCCCCCCCCCCCCC/C=C\CCCCCCCCCCCCCC. The van der Waals surface area contributed by atoms with Gasteiger partial charge in [0.25, 0.3) is 0 Å². The summed E-state index contributed by atoms with van der Waals surface area (Å²) in [5, 5.41) is 33.2. The predicted molar refractivity (Wildman–Crippen MR) is 259 cm³/mol. The van der Waals surface area contributed by atoms with Crippen molar-refractivity contribution in [1.29, 1.82) is 0 Å². The third-order valence-electron chi connectivity index (χ3n) is 12.2. The van der Waals surface area contributed by atoms with Crippen LogP contribution in [0, 0.1) is 0 Å². The van der Waals surface area contributed by atoms with Gasteiger partial charge in [-0.15, -0.1) is 0 Å². The molecule has 4 N–H and O–H groups in total. The highest BCUT2D eigenvalue weighted by atomic mass is 16.3. The Morgan fingerprint density at radius 2 is 0.695 bits per heavy atom. The molecule has 0 fully saturated rings. The normalized spacial score (nSPS) is 13.6. The number of nitrogens with one attached hydrogen (secondary N) is 1. The van der Waals surface area contributed by atoms with E-state index >= 15 is 0 Å². The molecule has 0 aliphatic carbocycles. The number of hydrogen-bond acceptors (Lipinski definition) is 4. The zero-order chi connectivity index (χ0) is 43.0. The van der Waals surface area contributed by atoms with Crippen molar-refractivity contribution in [2.75, 3.05) is 6.61 Å². The average Bonchev–Trinajstić information content (AvgIpc) is 3.24. The maximum absolute atomic E-state index is 12.5. The second-order valence-corrected chi connectivity index (χ2v) is 18.1. The Balaban J connectivity index is 3.58. The van der Waals surface area contributed by atoms with E-state index in [9.17, 15) is 20.1 Å². The molecule has 0 aromatic heterocycles. The summed E-state index contributed by atoms with van der Waals surface area (Å²) in [7, 11) is 0. The van der Waals surface area contributed by atoms with Gasteiger partial charge < -0.3 is 20.6 Å². The molecule has 0 saturated carbocycles. The first-order chi connectivity index (χ1) is 29.1. The third-order valence-corrected chi connectivity index (χ3v) is 12.2. The van der Waals surface area contributed by atoms with Gasteiger partial charge in [0.1, 0.15) is 6.10 Å². The summed E-state index contributed by atoms with van der Waals surface area (Å²) in [6.07, 6.45) is 63.6. The maximum Gasteiger partial charge on any atom is 0.249 e. The van der Waals surface area contributed by atoms with Crippen LogP contribution in [0.4, 0.5) is 0 Å². The molecule has 0 spiro atoms. The summed E-state index contributed by atoms with van der Waals surface area (Å²) in [6.45, 7) is 4.19. The number of carbonyl (C=O) groups is 1. The number of amides is 1. The minimum atomic E-state index is -1.11. The predicted octanol–water partition coefficient (Wildman–Crippen LogP) is 15.9. The van der Waals surface area contributed by atoms with Crippen molar-refractivity contribution < 1.29 is 20.1 Å². The van der Waals surface area contributed by atoms with E-state index in [1.807, 2.05) is 6.08 Å². The molecule has 5 nitrogen and oxygen atoms in total. The lowest BCUT2D eigenvalue weighted by Gasteiger charge is -2.21. The molecule has 348 valence electrons. The van der Waals surface area contributed by atoms with Crippen molar-refractivity contribution in [3.05, 3.63) is 36.5 Å². The molecule has 3 unspecified atom stereocenters. The number of unbranched alkanes of at least 4 members (excludes halogenated alkanes) is 36. The standard InChI is InChI=1S/C54H103NO4/c1-3-5-7-9-11-13-15-17-19-21-22-23-24-25-26-27-28-29-30-31-32-33-35-37-39-41-43-45-47-49-53(58)54(59)55-51(50-56)52(57)48-46-44-42-40-38-36-34-20-18-16-14-12-10-8-6-4-2/h25-26,38,40,46,48,51-53,56-58H,3-24,27-37,39,41-45,47,49-50H2,1-2H3,(H,55,59)/b26-25-,40-38+,48-46+. The summed E-state index contributed by atoms with van der Waals surface area (Å²) < 4.78 is 0. The van der Waals surface area contributed by atoms with Crippen LogP contribution in [0.1, 0.15) is 277 Å². The van der Waals surface area contributed by atoms with Crippen LogP contribution >= 0.6 is 0 Å². The van der Waals surface area contributed by atoms with E-state index in [1.165, 1.54) is 218 Å². The van der Waals surface area contributed by atoms with Gasteiger partial charge in [0.2, 0.25) is 5.91 Å². The fourth-order valence-corrected chi connectivity index (χ4v) is 8.08. The van der Waals surface area contributed by atoms with Gasteiger partial charge in [0.05, 0.1) is 18.8 Å². The Labute approximate surface area is 368 Å². The second-order valence-electron chi connectivity index (χ2n) is 18.1. The Morgan fingerprint density at radius 3 is 1.03 bits per heavy atom. The van der Waals surface area contributed by atoms with E-state index in [0.29, 0.717) is 6.42 Å². The number of allylic oxidation sites excluding steroid dienone is 5. The van der Waals surface area contributed by atoms with Crippen LogP contribution in [0.25, 0.3) is 0 Å². The highest BCUT2D eigenvalue weighted by molar-refractivity contribution is 5.80. The van der Waals surface area contributed by atoms with Crippen molar-refractivity contribution in [3.8, 4) is 0 Å². The average molecular weight is 830 g/mol. The molecule has 3 atom stereocenters. The lowest BCUT2D eigenvalue weighted by Crippen LogP contribution is -2.48. The number of rotatable bonds is 48. The number of aliphatic hydroxyl groups is 3. The molecule has 0 aliphatic heterocycles. The molecule has 0 heterocycles. The van der Waals surface area contributed by atoms with E-state index in [0.717, 1.165) is 38.5 Å². The molecule has 0 rings (SSSR count). The van der Waals surface area contributed by atoms with E-state index in [-0.39, 0.29) is 6.61 Å². The third kappa shape index (κ3) is 44.4. The van der Waals surface area contributed by atoms with E-state index in [4.69, 9.17) is 0 Å². The molecular weight excluding hydrogens is 727 g/mol. The van der Waals surface area contributed by atoms with Crippen LogP contribution < -0.4 is 5.32 Å². The van der Waals surface area contributed by atoms with Crippen LogP contribution in [0.3, 0.4) is 0 Å². The van der Waals surface area contributed by atoms with Crippen molar-refractivity contribution in [1.82, 2.24) is 5.32 Å². The largest absolute Gasteiger partial charge is 0.394 e. The van der Waals surface area contributed by atoms with Crippen molar-refractivity contribution in [2.45, 2.75) is 295 Å². The van der Waals surface area contributed by atoms with Gasteiger partial charge in [-0.3, -0.25) is 4.79 Å². The highest BCUT2D eigenvalue weighted by Gasteiger charge is 2.22. The van der Waals surface area contributed by atoms with Gasteiger partial charge in [-0.2, -0.15) is 0 Å². The minimum absolute atomic E-state index is 0.375. The summed E-state index contributed by atoms with van der Waals surface area (Å²) in [5.41, 5.74) is 0. The topological polar surface area (TPSA) is 89.8 Å². The molecule has 0 aromatic rings. The van der Waals surface area contributed by atoms with E-state index in [2.05, 4.69) is 43.5 Å². The molecule has 0 saturated heterocycles. The molecule has 1 amide bonds. The Bertz CT molecular complexity index is 916. The van der Waals surface area contributed by atoms with E-state index < -0.39 is 24.2 Å². The molecule has 5 heteroatoms. The number of carbonyl (C=O) groups excluding carboxylic acids is 1. The maximum atomic E-state index is 12.5. The van der Waals surface area contributed by atoms with Gasteiger partial charge in [0, 0.05) is 0 Å². The van der Waals surface area contributed by atoms with Crippen molar-refractivity contribution >= 4 is 5.91 Å². The molecular formula is C54H103NO4. The summed E-state index contributed by atoms with van der Waals surface area (Å²) in [5.74, 6) is -0.511. The Morgan fingerprint density at radius 1 is 0.407 bits per heavy atom. The van der Waals surface area contributed by atoms with Crippen LogP contribution in [0.15, 0.2) is 36.5 Å². The molecule has 0 radical (unpaired) electrons. The first-order valence-electron chi connectivity index (χ1n) is 26.3. The Kier molecular flexibility index (Phi) is 48.0. The summed E-state index contributed by atoms with van der Waals surface area (Å²) >= 11 is 0. The van der Waals surface area contributed by atoms with Crippen LogP contribution in [0.2, 0.25) is 0 Å². The lowest BCUT2D eigenvalue weighted by molar-refractivity contribution is -0.131. The smallest absolute Gasteiger partial charge is 0.249 e. The Hall–Kier alpha value is -1.43. The summed E-state index contributed by atoms with van der Waals surface area (Å²) in [4.78, 5) is 12.5. The number of aliphatic hydroxyl groups excluding tert-OH is 3. The zero-order valence-electron chi connectivity index (χ0n) is 39.6. The zero-order valence-corrected chi connectivity index (χ0v) is 39.6. The van der Waals surface area contributed by atoms with E-state index in [1.54, 1.807) is 6.08 Å². The monoisotopic (exact) mass is 830 g/mol. The molecule has 0 aromatic carbocycles. The highest BCUT2D eigenvalue weighted by Crippen LogP contribution is 2.16. The van der Waals surface area contributed by atoms with Crippen molar-refractivity contribution in [2.24, 2.45) is 0 Å². The summed E-state index contributed by atoms with van der Waals surface area (Å²) in [6, 6.07) is -0.814. The fourth-order valence-electron chi connectivity index (χ4n) is 8.08. The van der Waals surface area contributed by atoms with Crippen LogP contribution in [0.5, 0.6) is 0 Å². The van der Waals surface area contributed by atoms with Gasteiger partial charge in [-0.05, 0) is 57.8 Å². The lowest BCUT2D eigenvalue weighted by atomic mass is 10.0. The van der Waals surface area contributed by atoms with Crippen LogP contribution in [-0.2, 0) is 4.79 Å². The van der Waals surface area contributed by atoms with Crippen LogP contribution in [-0.4, -0.2) is 46.1 Å². The van der Waals surface area contributed by atoms with Crippen molar-refractivity contribution in [3.63, 3.8) is 0 Å². The van der Waals surface area contributed by atoms with Gasteiger partial charge in [-0.1, -0.05) is 256 Å². The van der Waals surface area contributed by atoms with Gasteiger partial charge >= 0.3 is 0 Å². The first-order valence-corrected chi connectivity index (χ1v) is 26.3. The first kappa shape index (κ1) is 57.6. The van der Waals surface area contributed by atoms with Gasteiger partial charge in [0.15, 0.2) is 0 Å². The minimum Gasteiger partial charge on any atom is -0.394 e. The quantitative estimate of drug-likeness (QED) is 0.0363. The number of hydrogen-bond donors (Lipinski definition) is 4.